The Bertz CT molecular complexity index is 443. The van der Waals surface area contributed by atoms with Gasteiger partial charge in [-0.1, -0.05) is 0 Å². The van der Waals surface area contributed by atoms with Crippen molar-refractivity contribution in [3.63, 3.8) is 0 Å². The summed E-state index contributed by atoms with van der Waals surface area (Å²) >= 11 is 1.59. The molecule has 0 bridgehead atoms. The lowest BCUT2D eigenvalue weighted by atomic mass is 10.00. The van der Waals surface area contributed by atoms with Gasteiger partial charge in [0.15, 0.2) is 5.96 Å². The van der Waals surface area contributed by atoms with Gasteiger partial charge in [-0.3, -0.25) is 0 Å². The van der Waals surface area contributed by atoms with E-state index in [1.54, 1.807) is 18.3 Å². The van der Waals surface area contributed by atoms with E-state index in [4.69, 9.17) is 0 Å². The molecule has 1 rings (SSSR count). The van der Waals surface area contributed by atoms with Gasteiger partial charge in [0, 0.05) is 25.7 Å². The van der Waals surface area contributed by atoms with Crippen molar-refractivity contribution < 1.29 is 5.11 Å². The second-order valence-corrected chi connectivity index (χ2v) is 6.76. The minimum Gasteiger partial charge on any atom is -0.383 e. The average Bonchev–Trinajstić information content (AvgIpc) is 2.99. The van der Waals surface area contributed by atoms with Crippen LogP contribution in [0.25, 0.3) is 0 Å². The molecular weight excluding hydrogens is 296 g/mol. The van der Waals surface area contributed by atoms with Crippen molar-refractivity contribution in [2.45, 2.75) is 39.3 Å². The van der Waals surface area contributed by atoms with Gasteiger partial charge in [0.2, 0.25) is 0 Å². The molecule has 22 heavy (non-hydrogen) atoms. The Morgan fingerprint density at radius 3 is 2.73 bits per heavy atom. The third-order valence-corrected chi connectivity index (χ3v) is 4.35. The minimum absolute atomic E-state index is 0.332. The number of aliphatic hydroxyl groups is 1. The molecule has 0 fully saturated rings. The van der Waals surface area contributed by atoms with Crippen LogP contribution in [-0.2, 0) is 5.60 Å². The third-order valence-electron chi connectivity index (χ3n) is 3.67. The van der Waals surface area contributed by atoms with Crippen LogP contribution in [0.5, 0.6) is 0 Å². The fraction of sp³-hybridized carbons (Fsp3) is 0.688. The molecule has 0 radical (unpaired) electrons. The predicted octanol–water partition coefficient (Wildman–Crippen LogP) is 1.85. The number of hydrogen-bond acceptors (Lipinski definition) is 4. The van der Waals surface area contributed by atoms with Crippen molar-refractivity contribution in [3.05, 3.63) is 22.4 Å². The van der Waals surface area contributed by atoms with E-state index in [0.29, 0.717) is 12.6 Å². The van der Waals surface area contributed by atoms with E-state index in [1.165, 1.54) is 0 Å². The molecule has 1 heterocycles. The van der Waals surface area contributed by atoms with Crippen molar-refractivity contribution in [3.8, 4) is 0 Å². The van der Waals surface area contributed by atoms with Crippen molar-refractivity contribution in [2.24, 2.45) is 4.99 Å². The van der Waals surface area contributed by atoms with E-state index in [-0.39, 0.29) is 0 Å². The molecule has 0 aromatic carbocycles. The normalized spacial score (nSPS) is 15.2. The molecule has 0 amide bonds. The molecule has 3 N–H and O–H groups in total. The first-order valence-corrected chi connectivity index (χ1v) is 8.78. The summed E-state index contributed by atoms with van der Waals surface area (Å²) in [6.45, 7) is 11.1. The summed E-state index contributed by atoms with van der Waals surface area (Å²) in [5.41, 5.74) is -0.0199. The van der Waals surface area contributed by atoms with Gasteiger partial charge < -0.3 is 20.6 Å². The summed E-state index contributed by atoms with van der Waals surface area (Å²) in [7, 11) is 2.11. The summed E-state index contributed by atoms with van der Waals surface area (Å²) in [5, 5.41) is 21.0. The van der Waals surface area contributed by atoms with Crippen LogP contribution >= 0.6 is 11.3 Å². The van der Waals surface area contributed by atoms with Gasteiger partial charge in [0.05, 0.1) is 6.54 Å². The van der Waals surface area contributed by atoms with Crippen LogP contribution in [0.15, 0.2) is 21.8 Å². The van der Waals surface area contributed by atoms with Crippen LogP contribution in [0, 0.1) is 0 Å². The highest BCUT2D eigenvalue weighted by atomic mass is 32.1. The van der Waals surface area contributed by atoms with E-state index in [2.05, 4.69) is 41.4 Å². The monoisotopic (exact) mass is 326 g/mol. The zero-order valence-electron chi connectivity index (χ0n) is 14.4. The molecule has 126 valence electrons. The molecule has 1 aromatic rings. The van der Waals surface area contributed by atoms with Crippen LogP contribution in [0.3, 0.4) is 0 Å². The summed E-state index contributed by atoms with van der Waals surface area (Å²) in [6.07, 6.45) is 0. The zero-order valence-corrected chi connectivity index (χ0v) is 15.2. The first-order valence-electron chi connectivity index (χ1n) is 7.84. The summed E-state index contributed by atoms with van der Waals surface area (Å²) in [5.74, 6) is 0.746. The van der Waals surface area contributed by atoms with Crippen molar-refractivity contribution in [2.75, 3.05) is 33.2 Å². The van der Waals surface area contributed by atoms with Crippen molar-refractivity contribution in [1.29, 1.82) is 0 Å². The molecule has 1 atom stereocenters. The molecule has 5 nitrogen and oxygen atoms in total. The number of thiophene rings is 1. The fourth-order valence-corrected chi connectivity index (χ4v) is 2.63. The first kappa shape index (κ1) is 18.9. The minimum atomic E-state index is -0.933. The van der Waals surface area contributed by atoms with Crippen LogP contribution < -0.4 is 10.6 Å². The molecule has 0 saturated heterocycles. The largest absolute Gasteiger partial charge is 0.383 e. The van der Waals surface area contributed by atoms with Gasteiger partial charge >= 0.3 is 0 Å². The van der Waals surface area contributed by atoms with Crippen LogP contribution in [0.4, 0.5) is 0 Å². The number of likely N-dealkylation sites (N-methyl/N-ethyl adjacent to an activating group) is 1. The standard InChI is InChI=1S/C16H30N4OS/c1-6-17-15(18-8-9-20(5)13(2)3)19-12-16(4,21)14-7-10-22-11-14/h7,10-11,13,21H,6,8-9,12H2,1-5H3,(H2,17,18,19). The Balaban J connectivity index is 2.55. The topological polar surface area (TPSA) is 59.9 Å². The van der Waals surface area contributed by atoms with E-state index < -0.39 is 5.60 Å². The first-order chi connectivity index (χ1) is 10.4. The lowest BCUT2D eigenvalue weighted by Gasteiger charge is -2.23. The third kappa shape index (κ3) is 6.34. The molecule has 0 aliphatic heterocycles. The smallest absolute Gasteiger partial charge is 0.191 e. The van der Waals surface area contributed by atoms with Gasteiger partial charge in [-0.2, -0.15) is 11.3 Å². The molecule has 1 unspecified atom stereocenters. The molecule has 0 saturated carbocycles. The van der Waals surface area contributed by atoms with Crippen LogP contribution in [0.2, 0.25) is 0 Å². The highest BCUT2D eigenvalue weighted by Crippen LogP contribution is 2.23. The van der Waals surface area contributed by atoms with Gasteiger partial charge in [-0.05, 0) is 57.1 Å². The molecule has 6 heteroatoms. The highest BCUT2D eigenvalue weighted by Gasteiger charge is 2.23. The lowest BCUT2D eigenvalue weighted by molar-refractivity contribution is 0.0677. The summed E-state index contributed by atoms with van der Waals surface area (Å²) < 4.78 is 0. The quantitative estimate of drug-likeness (QED) is 0.504. The Hall–Kier alpha value is -1.11. The number of guanidine groups is 1. The highest BCUT2D eigenvalue weighted by molar-refractivity contribution is 7.08. The fourth-order valence-electron chi connectivity index (χ4n) is 1.85. The molecule has 1 aromatic heterocycles. The van der Waals surface area contributed by atoms with Crippen LogP contribution in [-0.4, -0.2) is 55.2 Å². The van der Waals surface area contributed by atoms with Crippen LogP contribution in [0.1, 0.15) is 33.3 Å². The average molecular weight is 327 g/mol. The van der Waals surface area contributed by atoms with E-state index in [0.717, 1.165) is 31.2 Å². The van der Waals surface area contributed by atoms with E-state index in [9.17, 15) is 5.11 Å². The Morgan fingerprint density at radius 2 is 2.18 bits per heavy atom. The maximum atomic E-state index is 10.5. The van der Waals surface area contributed by atoms with Gasteiger partial charge in [0.1, 0.15) is 5.60 Å². The Kier molecular flexibility index (Phi) is 7.85. The van der Waals surface area contributed by atoms with E-state index in [1.807, 2.05) is 23.8 Å². The lowest BCUT2D eigenvalue weighted by Crippen LogP contribution is -2.42. The van der Waals surface area contributed by atoms with E-state index >= 15 is 0 Å². The van der Waals surface area contributed by atoms with Gasteiger partial charge in [0.25, 0.3) is 0 Å². The number of nitrogens with zero attached hydrogens (tertiary/aromatic N) is 2. The molecular formula is C16H30N4OS. The SMILES string of the molecule is CCNC(=NCC(C)(O)c1ccsc1)NCCN(C)C(C)C. The number of nitrogens with one attached hydrogen (secondary N) is 2. The molecule has 0 spiro atoms. The number of aliphatic imine (C=N–C) groups is 1. The molecule has 0 aliphatic rings. The zero-order chi connectivity index (χ0) is 16.6. The second-order valence-electron chi connectivity index (χ2n) is 5.98. The molecule has 0 aliphatic carbocycles. The Morgan fingerprint density at radius 1 is 1.45 bits per heavy atom. The van der Waals surface area contributed by atoms with Crippen molar-refractivity contribution in [1.82, 2.24) is 15.5 Å². The second kappa shape index (κ2) is 9.12. The summed E-state index contributed by atoms with van der Waals surface area (Å²) in [6, 6.07) is 2.47. The predicted molar refractivity (Wildman–Crippen MR) is 95.6 cm³/mol. The van der Waals surface area contributed by atoms with Gasteiger partial charge in [-0.15, -0.1) is 0 Å². The summed E-state index contributed by atoms with van der Waals surface area (Å²) in [4.78, 5) is 6.79. The van der Waals surface area contributed by atoms with Gasteiger partial charge in [-0.25, -0.2) is 4.99 Å². The maximum Gasteiger partial charge on any atom is 0.191 e. The maximum absolute atomic E-state index is 10.5. The Labute approximate surface area is 138 Å². The number of rotatable bonds is 8. The number of hydrogen-bond donors (Lipinski definition) is 3. The van der Waals surface area contributed by atoms with Crippen molar-refractivity contribution >= 4 is 17.3 Å².